The van der Waals surface area contributed by atoms with Crippen molar-refractivity contribution in [2.45, 2.75) is 91.1 Å². The average Bonchev–Trinajstić information content (AvgIpc) is 2.92. The number of halogens is 1. The average molecular weight is 411 g/mol. The predicted molar refractivity (Wildman–Crippen MR) is 109 cm³/mol. The molecule has 0 aromatic heterocycles. The summed E-state index contributed by atoms with van der Waals surface area (Å²) >= 11 is 3.78. The number of hydrogen-bond acceptors (Lipinski definition) is 1. The van der Waals surface area contributed by atoms with Crippen molar-refractivity contribution in [2.24, 2.45) is 46.3 Å². The van der Waals surface area contributed by atoms with E-state index in [0.29, 0.717) is 10.8 Å². The second kappa shape index (κ2) is 6.23. The minimum atomic E-state index is -0.399. The predicted octanol–water partition coefficient (Wildman–Crippen LogP) is 6.43. The molecule has 0 saturated heterocycles. The molecule has 0 amide bonds. The summed E-state index contributed by atoms with van der Waals surface area (Å²) in [5.41, 5.74) is 0.702. The Morgan fingerprint density at radius 3 is 2.36 bits per heavy atom. The molecular weight excluding hydrogens is 372 g/mol. The summed E-state index contributed by atoms with van der Waals surface area (Å²) in [7, 11) is 0. The minimum absolute atomic E-state index is 0.399. The molecule has 9 atom stereocenters. The normalized spacial score (nSPS) is 56.6. The van der Waals surface area contributed by atoms with Crippen LogP contribution in [0.1, 0.15) is 85.5 Å². The lowest BCUT2D eigenvalue weighted by atomic mass is 9.43. The van der Waals surface area contributed by atoms with Crippen LogP contribution in [-0.2, 0) is 0 Å². The van der Waals surface area contributed by atoms with E-state index in [1.807, 2.05) is 0 Å². The van der Waals surface area contributed by atoms with E-state index in [0.717, 1.165) is 48.3 Å². The van der Waals surface area contributed by atoms with Gasteiger partial charge in [0.05, 0.1) is 5.60 Å². The van der Waals surface area contributed by atoms with Crippen molar-refractivity contribution in [1.82, 2.24) is 0 Å². The third-order valence-corrected chi connectivity index (χ3v) is 11.0. The Hall–Kier alpha value is 0.440. The van der Waals surface area contributed by atoms with Crippen molar-refractivity contribution in [3.05, 3.63) is 0 Å². The van der Waals surface area contributed by atoms with Crippen LogP contribution in [0.25, 0.3) is 0 Å². The van der Waals surface area contributed by atoms with Crippen LogP contribution in [0.15, 0.2) is 0 Å². The molecule has 0 bridgehead atoms. The minimum Gasteiger partial charge on any atom is -0.390 e. The molecule has 0 heterocycles. The van der Waals surface area contributed by atoms with Crippen molar-refractivity contribution in [3.8, 4) is 0 Å². The van der Waals surface area contributed by atoms with Crippen LogP contribution in [0.5, 0.6) is 0 Å². The SMILES string of the molecule is CC(CBr)[C@H]1CC[C@H]2[C@@H]3CC[C@@H]4C[C@](C)(O)CC[C@]4(C)[C@H]3CC[C@]12C. The molecule has 0 aliphatic heterocycles. The zero-order valence-electron chi connectivity index (χ0n) is 16.9. The molecule has 25 heavy (non-hydrogen) atoms. The summed E-state index contributed by atoms with van der Waals surface area (Å²) in [5, 5.41) is 11.8. The standard InChI is InChI=1S/C23H39BrO/c1-15(14-24)18-7-8-19-17-6-5-16-13-21(2,25)11-12-22(16,3)20(17)9-10-23(18,19)4/h15-20,25H,5-14H2,1-4H3/t15?,16-,17+,18-,19+,20+,21-,22+,23-/m1/s1. The summed E-state index contributed by atoms with van der Waals surface area (Å²) in [6.45, 7) is 9.82. The van der Waals surface area contributed by atoms with E-state index in [-0.39, 0.29) is 0 Å². The van der Waals surface area contributed by atoms with Gasteiger partial charge in [-0.2, -0.15) is 0 Å². The van der Waals surface area contributed by atoms with Crippen LogP contribution in [0.2, 0.25) is 0 Å². The first kappa shape index (κ1) is 18.8. The van der Waals surface area contributed by atoms with Gasteiger partial charge in [-0.15, -0.1) is 0 Å². The smallest absolute Gasteiger partial charge is 0.0622 e. The summed E-state index contributed by atoms with van der Waals surface area (Å²) in [4.78, 5) is 0. The van der Waals surface area contributed by atoms with Crippen LogP contribution in [0, 0.1) is 46.3 Å². The van der Waals surface area contributed by atoms with E-state index >= 15 is 0 Å². The fourth-order valence-corrected chi connectivity index (χ4v) is 8.97. The van der Waals surface area contributed by atoms with Gasteiger partial charge in [-0.3, -0.25) is 0 Å². The molecule has 4 saturated carbocycles. The van der Waals surface area contributed by atoms with E-state index in [1.165, 1.54) is 50.3 Å². The van der Waals surface area contributed by atoms with Crippen molar-refractivity contribution >= 4 is 15.9 Å². The van der Waals surface area contributed by atoms with Crippen LogP contribution in [0.3, 0.4) is 0 Å². The molecule has 0 aromatic carbocycles. The zero-order chi connectivity index (χ0) is 18.0. The first-order valence-corrected chi connectivity index (χ1v) is 12.1. The van der Waals surface area contributed by atoms with Gasteiger partial charge in [0, 0.05) is 5.33 Å². The molecule has 2 heteroatoms. The van der Waals surface area contributed by atoms with Gasteiger partial charge in [-0.05, 0) is 111 Å². The lowest BCUT2D eigenvalue weighted by Gasteiger charge is -2.62. The molecule has 0 radical (unpaired) electrons. The molecule has 1 nitrogen and oxygen atoms in total. The molecular formula is C23H39BrO. The van der Waals surface area contributed by atoms with Crippen LogP contribution < -0.4 is 0 Å². The van der Waals surface area contributed by atoms with Gasteiger partial charge in [-0.25, -0.2) is 0 Å². The van der Waals surface area contributed by atoms with E-state index in [9.17, 15) is 5.11 Å². The fraction of sp³-hybridized carbons (Fsp3) is 1.00. The van der Waals surface area contributed by atoms with Gasteiger partial charge < -0.3 is 5.11 Å². The Morgan fingerprint density at radius 1 is 0.920 bits per heavy atom. The van der Waals surface area contributed by atoms with Gasteiger partial charge >= 0.3 is 0 Å². The Labute approximate surface area is 163 Å². The molecule has 1 unspecified atom stereocenters. The highest BCUT2D eigenvalue weighted by atomic mass is 79.9. The number of hydrogen-bond donors (Lipinski definition) is 1. The lowest BCUT2D eigenvalue weighted by molar-refractivity contribution is -0.147. The fourth-order valence-electron chi connectivity index (χ4n) is 8.51. The maximum absolute atomic E-state index is 10.6. The topological polar surface area (TPSA) is 20.2 Å². The number of alkyl halides is 1. The Kier molecular flexibility index (Phi) is 4.68. The van der Waals surface area contributed by atoms with Crippen LogP contribution in [0.4, 0.5) is 0 Å². The van der Waals surface area contributed by atoms with E-state index in [2.05, 4.69) is 43.6 Å². The largest absolute Gasteiger partial charge is 0.390 e. The Bertz CT molecular complexity index is 516. The van der Waals surface area contributed by atoms with Gasteiger partial charge in [0.2, 0.25) is 0 Å². The molecule has 0 aromatic rings. The number of aliphatic hydroxyl groups is 1. The highest BCUT2D eigenvalue weighted by Gasteiger charge is 2.61. The third kappa shape index (κ3) is 2.79. The second-order valence-electron chi connectivity index (χ2n) is 11.2. The van der Waals surface area contributed by atoms with Gasteiger partial charge in [0.15, 0.2) is 0 Å². The van der Waals surface area contributed by atoms with E-state index < -0.39 is 5.60 Å². The molecule has 1 N–H and O–H groups in total. The maximum Gasteiger partial charge on any atom is 0.0622 e. The monoisotopic (exact) mass is 410 g/mol. The van der Waals surface area contributed by atoms with Crippen LogP contribution >= 0.6 is 15.9 Å². The molecule has 4 rings (SSSR count). The lowest BCUT2D eigenvalue weighted by Crippen LogP contribution is -2.55. The van der Waals surface area contributed by atoms with Crippen molar-refractivity contribution in [2.75, 3.05) is 5.33 Å². The first-order valence-electron chi connectivity index (χ1n) is 11.0. The van der Waals surface area contributed by atoms with Gasteiger partial charge in [-0.1, -0.05) is 36.7 Å². The summed E-state index contributed by atoms with van der Waals surface area (Å²) in [6.07, 6.45) is 12.0. The van der Waals surface area contributed by atoms with Crippen LogP contribution in [-0.4, -0.2) is 16.0 Å². The zero-order valence-corrected chi connectivity index (χ0v) is 18.4. The molecule has 4 fully saturated rings. The van der Waals surface area contributed by atoms with Gasteiger partial charge in [0.1, 0.15) is 0 Å². The third-order valence-electron chi connectivity index (χ3n) is 9.96. The van der Waals surface area contributed by atoms with Crippen molar-refractivity contribution in [3.63, 3.8) is 0 Å². The van der Waals surface area contributed by atoms with Gasteiger partial charge in [0.25, 0.3) is 0 Å². The summed E-state index contributed by atoms with van der Waals surface area (Å²) in [5.74, 6) is 5.38. The molecule has 0 spiro atoms. The number of fused-ring (bicyclic) bond motifs is 5. The Morgan fingerprint density at radius 2 is 1.64 bits per heavy atom. The molecule has 4 aliphatic carbocycles. The summed E-state index contributed by atoms with van der Waals surface area (Å²) in [6, 6.07) is 0. The van der Waals surface area contributed by atoms with Crippen molar-refractivity contribution < 1.29 is 5.11 Å². The van der Waals surface area contributed by atoms with Crippen molar-refractivity contribution in [1.29, 1.82) is 0 Å². The van der Waals surface area contributed by atoms with E-state index in [4.69, 9.17) is 0 Å². The highest BCUT2D eigenvalue weighted by molar-refractivity contribution is 9.09. The summed E-state index contributed by atoms with van der Waals surface area (Å²) < 4.78 is 0. The maximum atomic E-state index is 10.6. The number of rotatable bonds is 2. The molecule has 144 valence electrons. The second-order valence-corrected chi connectivity index (χ2v) is 11.9. The Balaban J connectivity index is 1.58. The van der Waals surface area contributed by atoms with E-state index in [1.54, 1.807) is 0 Å². The quantitative estimate of drug-likeness (QED) is 0.519. The first-order chi connectivity index (χ1) is 11.7. The molecule has 4 aliphatic rings. The highest BCUT2D eigenvalue weighted by Crippen LogP contribution is 2.68.